The first-order chi connectivity index (χ1) is 13.0. The van der Waals surface area contributed by atoms with Crippen LogP contribution in [-0.4, -0.2) is 27.9 Å². The molecule has 2 saturated carbocycles. The van der Waals surface area contributed by atoms with Crippen molar-refractivity contribution in [2.45, 2.75) is 44.2 Å². The normalized spacial score (nSPS) is 27.1. The van der Waals surface area contributed by atoms with Gasteiger partial charge in [0.05, 0.1) is 4.92 Å². The van der Waals surface area contributed by atoms with E-state index in [0.29, 0.717) is 28.1 Å². The van der Waals surface area contributed by atoms with E-state index >= 15 is 0 Å². The smallest absolute Gasteiger partial charge is 0.271 e. The van der Waals surface area contributed by atoms with Gasteiger partial charge in [-0.3, -0.25) is 14.9 Å². The average Bonchev–Trinajstić information content (AvgIpc) is 3.13. The van der Waals surface area contributed by atoms with Crippen molar-refractivity contribution in [3.8, 4) is 10.6 Å². The van der Waals surface area contributed by atoms with Crippen molar-refractivity contribution in [1.29, 1.82) is 0 Å². The van der Waals surface area contributed by atoms with Crippen LogP contribution in [0.15, 0.2) is 29.6 Å². The number of nitrogens with zero attached hydrogens (tertiary/aromatic N) is 2. The van der Waals surface area contributed by atoms with Crippen LogP contribution in [0.1, 0.15) is 42.6 Å². The zero-order chi connectivity index (χ0) is 19.0. The monoisotopic (exact) mass is 386 g/mol. The quantitative estimate of drug-likeness (QED) is 0.618. The maximum absolute atomic E-state index is 12.7. The predicted octanol–water partition coefficient (Wildman–Crippen LogP) is 3.35. The van der Waals surface area contributed by atoms with E-state index < -0.39 is 4.92 Å². The molecule has 1 amide bonds. The lowest BCUT2D eigenvalue weighted by atomic mass is 9.67. The lowest BCUT2D eigenvalue weighted by molar-refractivity contribution is -0.384. The number of fused-ring (bicyclic) bond motifs is 2. The molecule has 0 radical (unpaired) electrons. The molecule has 7 nitrogen and oxygen atoms in total. The minimum absolute atomic E-state index is 0.0140. The summed E-state index contributed by atoms with van der Waals surface area (Å²) >= 11 is 1.32. The highest BCUT2D eigenvalue weighted by molar-refractivity contribution is 7.13. The van der Waals surface area contributed by atoms with Gasteiger partial charge in [-0.2, -0.15) is 0 Å². The maximum Gasteiger partial charge on any atom is 0.271 e. The van der Waals surface area contributed by atoms with Crippen LogP contribution in [0, 0.1) is 22.0 Å². The summed E-state index contributed by atoms with van der Waals surface area (Å²) in [6.45, 7) is 0. The average molecular weight is 386 g/mol. The minimum Gasteiger partial charge on any atom is -0.347 e. The van der Waals surface area contributed by atoms with Gasteiger partial charge >= 0.3 is 0 Å². The van der Waals surface area contributed by atoms with Crippen molar-refractivity contribution >= 4 is 22.9 Å². The van der Waals surface area contributed by atoms with Crippen LogP contribution in [0.3, 0.4) is 0 Å². The molecule has 1 aromatic heterocycles. The van der Waals surface area contributed by atoms with Crippen LogP contribution in [-0.2, 0) is 0 Å². The number of nitrogens with one attached hydrogen (secondary N) is 1. The van der Waals surface area contributed by atoms with E-state index in [0.717, 1.165) is 25.7 Å². The third-order valence-corrected chi connectivity index (χ3v) is 6.61. The molecule has 27 heavy (non-hydrogen) atoms. The van der Waals surface area contributed by atoms with E-state index in [9.17, 15) is 14.9 Å². The second kappa shape index (κ2) is 7.36. The molecule has 142 valence electrons. The minimum atomic E-state index is -0.433. The Labute approximate surface area is 161 Å². The fourth-order valence-corrected chi connectivity index (χ4v) is 5.31. The number of rotatable bonds is 4. The zero-order valence-corrected chi connectivity index (χ0v) is 15.7. The summed E-state index contributed by atoms with van der Waals surface area (Å²) in [5.74, 6) is 0.734. The van der Waals surface area contributed by atoms with Gasteiger partial charge in [0.2, 0.25) is 0 Å². The fourth-order valence-electron chi connectivity index (χ4n) is 4.51. The number of nitrogens with two attached hydrogens (primary N) is 1. The summed E-state index contributed by atoms with van der Waals surface area (Å²) in [6.07, 6.45) is 5.38. The number of amides is 1. The van der Waals surface area contributed by atoms with Gasteiger partial charge < -0.3 is 11.1 Å². The summed E-state index contributed by atoms with van der Waals surface area (Å²) in [7, 11) is 0. The van der Waals surface area contributed by atoms with Crippen molar-refractivity contribution in [2.24, 2.45) is 17.6 Å². The molecule has 4 rings (SSSR count). The molecule has 1 heterocycles. The summed E-state index contributed by atoms with van der Waals surface area (Å²) in [5, 5.41) is 16.5. The Morgan fingerprint density at radius 2 is 2.04 bits per heavy atom. The fraction of sp³-hybridized carbons (Fsp3) is 0.474. The summed E-state index contributed by atoms with van der Waals surface area (Å²) < 4.78 is 0. The summed E-state index contributed by atoms with van der Waals surface area (Å²) in [4.78, 5) is 27.7. The SMILES string of the molecule is NC1CC2CCCC(C1)C2NC(=O)c1csc(-c2cccc([N+](=O)[O-])c2)n1. The van der Waals surface area contributed by atoms with E-state index in [1.165, 1.54) is 29.9 Å². The van der Waals surface area contributed by atoms with Gasteiger partial charge in [-0.15, -0.1) is 11.3 Å². The molecule has 0 saturated heterocycles. The maximum atomic E-state index is 12.7. The number of aromatic nitrogens is 1. The topological polar surface area (TPSA) is 111 Å². The van der Waals surface area contributed by atoms with E-state index in [-0.39, 0.29) is 23.7 Å². The van der Waals surface area contributed by atoms with Gasteiger partial charge in [-0.05, 0) is 37.5 Å². The van der Waals surface area contributed by atoms with Gasteiger partial charge in [0, 0.05) is 35.2 Å². The van der Waals surface area contributed by atoms with Crippen LogP contribution in [0.2, 0.25) is 0 Å². The van der Waals surface area contributed by atoms with Gasteiger partial charge in [0.1, 0.15) is 10.7 Å². The molecule has 8 heteroatoms. The van der Waals surface area contributed by atoms with Crippen LogP contribution >= 0.6 is 11.3 Å². The molecule has 0 aliphatic heterocycles. The molecule has 2 aliphatic rings. The Morgan fingerprint density at radius 3 is 2.74 bits per heavy atom. The lowest BCUT2D eigenvalue weighted by Crippen LogP contribution is -2.53. The second-order valence-corrected chi connectivity index (χ2v) is 8.39. The Morgan fingerprint density at radius 1 is 1.30 bits per heavy atom. The van der Waals surface area contributed by atoms with Gasteiger partial charge in [-0.1, -0.05) is 18.6 Å². The van der Waals surface area contributed by atoms with Crippen LogP contribution < -0.4 is 11.1 Å². The van der Waals surface area contributed by atoms with Crippen molar-refractivity contribution in [3.05, 3.63) is 45.5 Å². The van der Waals surface area contributed by atoms with Gasteiger partial charge in [0.15, 0.2) is 0 Å². The number of non-ortho nitro benzene ring substituents is 1. The molecule has 2 unspecified atom stereocenters. The number of nitro groups is 1. The van der Waals surface area contributed by atoms with E-state index in [2.05, 4.69) is 10.3 Å². The summed E-state index contributed by atoms with van der Waals surface area (Å²) in [6, 6.07) is 6.73. The predicted molar refractivity (Wildman–Crippen MR) is 103 cm³/mol. The van der Waals surface area contributed by atoms with Crippen molar-refractivity contribution in [2.75, 3.05) is 0 Å². The molecular weight excluding hydrogens is 364 g/mol. The lowest BCUT2D eigenvalue weighted by Gasteiger charge is -2.45. The first-order valence-corrected chi connectivity index (χ1v) is 10.2. The zero-order valence-electron chi connectivity index (χ0n) is 14.8. The Kier molecular flexibility index (Phi) is 4.92. The second-order valence-electron chi connectivity index (χ2n) is 7.53. The first kappa shape index (κ1) is 18.1. The number of hydrogen-bond acceptors (Lipinski definition) is 6. The number of carbonyl (C=O) groups is 1. The largest absolute Gasteiger partial charge is 0.347 e. The Hall–Kier alpha value is -2.32. The molecule has 3 N–H and O–H groups in total. The number of carbonyl (C=O) groups excluding carboxylic acids is 1. The number of hydrogen-bond donors (Lipinski definition) is 2. The van der Waals surface area contributed by atoms with E-state index in [1.54, 1.807) is 17.5 Å². The first-order valence-electron chi connectivity index (χ1n) is 9.28. The molecule has 0 spiro atoms. The van der Waals surface area contributed by atoms with E-state index in [1.807, 2.05) is 0 Å². The van der Waals surface area contributed by atoms with Crippen molar-refractivity contribution < 1.29 is 9.72 Å². The third-order valence-electron chi connectivity index (χ3n) is 5.72. The Bertz CT molecular complexity index is 854. The molecule has 1 aromatic carbocycles. The highest BCUT2D eigenvalue weighted by atomic mass is 32.1. The van der Waals surface area contributed by atoms with Crippen LogP contribution in [0.5, 0.6) is 0 Å². The molecule has 2 fully saturated rings. The number of nitro benzene ring substituents is 1. The van der Waals surface area contributed by atoms with Crippen LogP contribution in [0.4, 0.5) is 5.69 Å². The van der Waals surface area contributed by atoms with E-state index in [4.69, 9.17) is 5.73 Å². The highest BCUT2D eigenvalue weighted by Gasteiger charge is 2.40. The summed E-state index contributed by atoms with van der Waals surface area (Å²) in [5.41, 5.74) is 7.19. The number of benzene rings is 1. The van der Waals surface area contributed by atoms with Gasteiger partial charge in [-0.25, -0.2) is 4.98 Å². The molecule has 2 atom stereocenters. The Balaban J connectivity index is 1.49. The highest BCUT2D eigenvalue weighted by Crippen LogP contribution is 2.39. The molecule has 2 aliphatic carbocycles. The number of thiazole rings is 1. The molecule has 2 bridgehead atoms. The standard InChI is InChI=1S/C19H22N4O3S/c20-14-7-11-3-1-4-12(8-14)17(11)22-18(24)16-10-27-19(21-16)13-5-2-6-15(9-13)23(25)26/h2,5-6,9-12,14,17H,1,3-4,7-8,20H2,(H,22,24). The molecular formula is C19H22N4O3S. The third kappa shape index (κ3) is 3.72. The van der Waals surface area contributed by atoms with Crippen molar-refractivity contribution in [1.82, 2.24) is 10.3 Å². The molecule has 2 aromatic rings. The van der Waals surface area contributed by atoms with Gasteiger partial charge in [0.25, 0.3) is 11.6 Å². The van der Waals surface area contributed by atoms with Crippen molar-refractivity contribution in [3.63, 3.8) is 0 Å². The van der Waals surface area contributed by atoms with Crippen LogP contribution in [0.25, 0.3) is 10.6 Å².